The molecule has 6 heteroatoms. The molecule has 1 aromatic heterocycles. The van der Waals surface area contributed by atoms with Crippen LogP contribution in [0.3, 0.4) is 0 Å². The number of aryl methyl sites for hydroxylation is 2. The lowest BCUT2D eigenvalue weighted by Crippen LogP contribution is -2.12. The number of carbonyl (C=O) groups is 1. The Labute approximate surface area is 119 Å². The Balaban J connectivity index is 2.32. The van der Waals surface area contributed by atoms with Crippen LogP contribution >= 0.6 is 22.9 Å². The zero-order valence-corrected chi connectivity index (χ0v) is 11.9. The number of nitriles is 1. The molecule has 0 saturated carbocycles. The van der Waals surface area contributed by atoms with Gasteiger partial charge < -0.3 is 5.32 Å². The van der Waals surface area contributed by atoms with Crippen molar-refractivity contribution in [2.24, 2.45) is 0 Å². The van der Waals surface area contributed by atoms with Crippen molar-refractivity contribution in [2.75, 3.05) is 5.32 Å². The standard InChI is InChI=1S/C13H10ClN3OS/c1-7-12(19-8(2)16-7)13(18)17-11-5-10(14)4-3-9(11)6-15/h3-5H,1-2H3,(H,17,18). The highest BCUT2D eigenvalue weighted by molar-refractivity contribution is 7.13. The van der Waals surface area contributed by atoms with Crippen LogP contribution in [-0.2, 0) is 0 Å². The quantitative estimate of drug-likeness (QED) is 0.920. The maximum Gasteiger partial charge on any atom is 0.267 e. The Morgan fingerprint density at radius 1 is 1.47 bits per heavy atom. The van der Waals surface area contributed by atoms with Gasteiger partial charge in [0.15, 0.2) is 0 Å². The molecule has 4 nitrogen and oxygen atoms in total. The minimum atomic E-state index is -0.276. The third-order valence-corrected chi connectivity index (χ3v) is 3.77. The van der Waals surface area contributed by atoms with E-state index in [0.717, 1.165) is 5.01 Å². The van der Waals surface area contributed by atoms with Crippen LogP contribution in [0.25, 0.3) is 0 Å². The number of nitrogens with zero attached hydrogens (tertiary/aromatic N) is 2. The lowest BCUT2D eigenvalue weighted by molar-refractivity contribution is 0.103. The van der Waals surface area contributed by atoms with Gasteiger partial charge in [0.1, 0.15) is 10.9 Å². The number of hydrogen-bond acceptors (Lipinski definition) is 4. The van der Waals surface area contributed by atoms with Crippen molar-refractivity contribution in [2.45, 2.75) is 13.8 Å². The summed E-state index contributed by atoms with van der Waals surface area (Å²) in [7, 11) is 0. The van der Waals surface area contributed by atoms with Gasteiger partial charge >= 0.3 is 0 Å². The first-order valence-electron chi connectivity index (χ1n) is 5.46. The second-order valence-electron chi connectivity index (χ2n) is 3.90. The molecule has 2 aromatic rings. The van der Waals surface area contributed by atoms with Gasteiger partial charge in [-0.1, -0.05) is 11.6 Å². The van der Waals surface area contributed by atoms with Crippen LogP contribution in [0, 0.1) is 25.2 Å². The normalized spacial score (nSPS) is 10.0. The third-order valence-electron chi connectivity index (χ3n) is 2.46. The number of halogens is 1. The smallest absolute Gasteiger partial charge is 0.267 e. The summed E-state index contributed by atoms with van der Waals surface area (Å²) >= 11 is 7.19. The number of anilines is 1. The van der Waals surface area contributed by atoms with Gasteiger partial charge in [-0.3, -0.25) is 4.79 Å². The number of benzene rings is 1. The summed E-state index contributed by atoms with van der Waals surface area (Å²) in [5, 5.41) is 13.0. The molecule has 1 aromatic carbocycles. The molecule has 0 radical (unpaired) electrons. The molecule has 0 aliphatic heterocycles. The van der Waals surface area contributed by atoms with E-state index in [4.69, 9.17) is 16.9 Å². The first kappa shape index (κ1) is 13.5. The predicted molar refractivity (Wildman–Crippen MR) is 75.7 cm³/mol. The Hall–Kier alpha value is -1.90. The van der Waals surface area contributed by atoms with Gasteiger partial charge in [0.05, 0.1) is 22.0 Å². The molecule has 1 heterocycles. The van der Waals surface area contributed by atoms with Crippen LogP contribution in [0.15, 0.2) is 18.2 Å². The molecule has 0 aliphatic carbocycles. The average molecular weight is 292 g/mol. The lowest BCUT2D eigenvalue weighted by atomic mass is 10.2. The van der Waals surface area contributed by atoms with Crippen LogP contribution < -0.4 is 5.32 Å². The first-order chi connectivity index (χ1) is 9.01. The van der Waals surface area contributed by atoms with Crippen LogP contribution in [0.2, 0.25) is 5.02 Å². The number of aromatic nitrogens is 1. The molecule has 1 amide bonds. The molecular formula is C13H10ClN3OS. The number of carbonyl (C=O) groups excluding carboxylic acids is 1. The highest BCUT2D eigenvalue weighted by atomic mass is 35.5. The van der Waals surface area contributed by atoms with E-state index < -0.39 is 0 Å². The van der Waals surface area contributed by atoms with Gasteiger partial charge in [0.2, 0.25) is 0 Å². The molecule has 19 heavy (non-hydrogen) atoms. The van der Waals surface area contributed by atoms with Crippen LogP contribution in [-0.4, -0.2) is 10.9 Å². The fourth-order valence-corrected chi connectivity index (χ4v) is 2.63. The van der Waals surface area contributed by atoms with E-state index in [1.54, 1.807) is 25.1 Å². The summed E-state index contributed by atoms with van der Waals surface area (Å²) in [6.45, 7) is 3.62. The molecule has 0 atom stereocenters. The maximum absolute atomic E-state index is 12.1. The Bertz CT molecular complexity index is 688. The van der Waals surface area contributed by atoms with Gasteiger partial charge in [0, 0.05) is 5.02 Å². The molecule has 2 rings (SSSR count). The van der Waals surface area contributed by atoms with Crippen molar-refractivity contribution in [3.8, 4) is 6.07 Å². The fourth-order valence-electron chi connectivity index (χ4n) is 1.64. The second-order valence-corrected chi connectivity index (χ2v) is 5.54. The van der Waals surface area contributed by atoms with Crippen molar-refractivity contribution in [1.82, 2.24) is 4.98 Å². The van der Waals surface area contributed by atoms with E-state index >= 15 is 0 Å². The lowest BCUT2D eigenvalue weighted by Gasteiger charge is -2.06. The zero-order chi connectivity index (χ0) is 14.0. The maximum atomic E-state index is 12.1. The van der Waals surface area contributed by atoms with E-state index in [-0.39, 0.29) is 5.91 Å². The van der Waals surface area contributed by atoms with E-state index in [2.05, 4.69) is 10.3 Å². The first-order valence-corrected chi connectivity index (χ1v) is 6.65. The summed E-state index contributed by atoms with van der Waals surface area (Å²) in [5.41, 5.74) is 1.46. The number of amides is 1. The van der Waals surface area contributed by atoms with Gasteiger partial charge in [-0.2, -0.15) is 5.26 Å². The molecule has 0 unspecified atom stereocenters. The fraction of sp³-hybridized carbons (Fsp3) is 0.154. The zero-order valence-electron chi connectivity index (χ0n) is 10.3. The number of rotatable bonds is 2. The highest BCUT2D eigenvalue weighted by Crippen LogP contribution is 2.23. The summed E-state index contributed by atoms with van der Waals surface area (Å²) in [5.74, 6) is -0.276. The van der Waals surface area contributed by atoms with Crippen molar-refractivity contribution in [1.29, 1.82) is 5.26 Å². The molecule has 0 saturated heterocycles. The van der Waals surface area contributed by atoms with Crippen molar-refractivity contribution in [3.63, 3.8) is 0 Å². The van der Waals surface area contributed by atoms with E-state index in [9.17, 15) is 4.79 Å². The molecule has 1 N–H and O–H groups in total. The van der Waals surface area contributed by atoms with Crippen molar-refractivity contribution >= 4 is 34.5 Å². The minimum absolute atomic E-state index is 0.276. The highest BCUT2D eigenvalue weighted by Gasteiger charge is 2.15. The van der Waals surface area contributed by atoms with Gasteiger partial charge in [-0.25, -0.2) is 4.98 Å². The predicted octanol–water partition coefficient (Wildman–Crippen LogP) is 3.54. The van der Waals surface area contributed by atoms with Crippen molar-refractivity contribution < 1.29 is 4.79 Å². The summed E-state index contributed by atoms with van der Waals surface area (Å²) in [6.07, 6.45) is 0. The van der Waals surface area contributed by atoms with Crippen molar-refractivity contribution in [3.05, 3.63) is 44.4 Å². The minimum Gasteiger partial charge on any atom is -0.320 e. The number of hydrogen-bond donors (Lipinski definition) is 1. The summed E-state index contributed by atoms with van der Waals surface area (Å²) < 4.78 is 0. The SMILES string of the molecule is Cc1nc(C)c(C(=O)Nc2cc(Cl)ccc2C#N)s1. The molecular weight excluding hydrogens is 282 g/mol. The van der Waals surface area contributed by atoms with E-state index in [0.29, 0.717) is 26.8 Å². The van der Waals surface area contributed by atoms with Crippen LogP contribution in [0.1, 0.15) is 25.9 Å². The van der Waals surface area contributed by atoms with Crippen LogP contribution in [0.4, 0.5) is 5.69 Å². The summed E-state index contributed by atoms with van der Waals surface area (Å²) in [4.78, 5) is 16.9. The molecule has 96 valence electrons. The topological polar surface area (TPSA) is 65.8 Å². The Kier molecular flexibility index (Phi) is 3.84. The Morgan fingerprint density at radius 3 is 2.79 bits per heavy atom. The summed E-state index contributed by atoms with van der Waals surface area (Å²) in [6, 6.07) is 6.75. The molecule has 0 spiro atoms. The second kappa shape index (κ2) is 5.39. The van der Waals surface area contributed by atoms with Gasteiger partial charge in [-0.15, -0.1) is 11.3 Å². The number of thiazole rings is 1. The number of nitrogens with one attached hydrogen (secondary N) is 1. The Morgan fingerprint density at radius 2 is 2.21 bits per heavy atom. The van der Waals surface area contributed by atoms with E-state index in [1.165, 1.54) is 11.3 Å². The molecule has 0 bridgehead atoms. The third kappa shape index (κ3) is 2.92. The van der Waals surface area contributed by atoms with Crippen LogP contribution in [0.5, 0.6) is 0 Å². The molecule has 0 fully saturated rings. The largest absolute Gasteiger partial charge is 0.320 e. The van der Waals surface area contributed by atoms with Gasteiger partial charge in [0.25, 0.3) is 5.91 Å². The van der Waals surface area contributed by atoms with E-state index in [1.807, 2.05) is 13.0 Å². The average Bonchev–Trinajstić information content (AvgIpc) is 2.69. The monoisotopic (exact) mass is 291 g/mol. The van der Waals surface area contributed by atoms with Gasteiger partial charge in [-0.05, 0) is 32.0 Å². The molecule has 0 aliphatic rings.